The number of piperazine rings is 1. The first-order valence-corrected chi connectivity index (χ1v) is 13.6. The average molecular weight is 621 g/mol. The minimum absolute atomic E-state index is 0.0956. The zero-order valence-electron chi connectivity index (χ0n) is 24.2. The molecule has 16 heteroatoms. The highest BCUT2D eigenvalue weighted by Gasteiger charge is 2.38. The molecular formula is C29H27F3N10O3. The Morgan fingerprint density at radius 1 is 0.956 bits per heavy atom. The predicted molar refractivity (Wildman–Crippen MR) is 155 cm³/mol. The maximum atomic E-state index is 12.7. The number of aromatic nitrogens is 7. The second kappa shape index (κ2) is 12.5. The summed E-state index contributed by atoms with van der Waals surface area (Å²) in [7, 11) is 3.73. The molecule has 6 heterocycles. The van der Waals surface area contributed by atoms with Crippen LogP contribution in [-0.4, -0.2) is 88.4 Å². The predicted octanol–water partition coefficient (Wildman–Crippen LogP) is 2.93. The minimum atomic E-state index is -5.08. The minimum Gasteiger partial charge on any atom is -0.475 e. The van der Waals surface area contributed by atoms with E-state index in [-0.39, 0.29) is 5.91 Å². The fraction of sp³-hybridized carbons (Fsp3) is 0.276. The van der Waals surface area contributed by atoms with Crippen LogP contribution in [0.4, 0.5) is 19.0 Å². The molecule has 1 amide bonds. The number of anilines is 1. The summed E-state index contributed by atoms with van der Waals surface area (Å²) in [6, 6.07) is 10.2. The molecule has 1 aliphatic rings. The summed E-state index contributed by atoms with van der Waals surface area (Å²) in [4.78, 5) is 30.4. The third kappa shape index (κ3) is 6.93. The van der Waals surface area contributed by atoms with Crippen LogP contribution in [0.3, 0.4) is 0 Å². The van der Waals surface area contributed by atoms with E-state index in [1.54, 1.807) is 20.1 Å². The van der Waals surface area contributed by atoms with Gasteiger partial charge in [0.2, 0.25) is 5.91 Å². The molecule has 0 spiro atoms. The number of carboxylic acids is 1. The second-order valence-electron chi connectivity index (χ2n) is 10.2. The van der Waals surface area contributed by atoms with Gasteiger partial charge < -0.3 is 14.9 Å². The summed E-state index contributed by atoms with van der Waals surface area (Å²) in [6.45, 7) is 2.71. The van der Waals surface area contributed by atoms with Crippen LogP contribution in [0.15, 0.2) is 61.4 Å². The number of carbonyl (C=O) groups excluding carboxylic acids is 1. The van der Waals surface area contributed by atoms with E-state index in [1.807, 2.05) is 68.2 Å². The molecule has 1 N–H and O–H groups in total. The molecule has 1 saturated heterocycles. The lowest BCUT2D eigenvalue weighted by Crippen LogP contribution is -2.49. The van der Waals surface area contributed by atoms with Gasteiger partial charge in [-0.1, -0.05) is 0 Å². The summed E-state index contributed by atoms with van der Waals surface area (Å²) in [6.07, 6.45) is 6.17. The molecule has 6 rings (SSSR count). The number of carbonyl (C=O) groups is 2. The van der Waals surface area contributed by atoms with Gasteiger partial charge in [0.1, 0.15) is 11.9 Å². The maximum absolute atomic E-state index is 12.7. The number of pyridine rings is 2. The van der Waals surface area contributed by atoms with Gasteiger partial charge in [-0.2, -0.15) is 33.7 Å². The number of alkyl halides is 3. The van der Waals surface area contributed by atoms with Gasteiger partial charge in [-0.3, -0.25) is 14.2 Å². The monoisotopic (exact) mass is 620 g/mol. The van der Waals surface area contributed by atoms with Crippen molar-refractivity contribution < 1.29 is 27.9 Å². The number of fused-ring (bicyclic) bond motifs is 1. The number of hydrogen-bond donors (Lipinski definition) is 1. The number of hydrogen-bond acceptors (Lipinski definition) is 8. The molecular weight excluding hydrogens is 593 g/mol. The highest BCUT2D eigenvalue weighted by Crippen LogP contribution is 2.32. The third-order valence-corrected chi connectivity index (χ3v) is 7.13. The number of carboxylic acid groups (broad SMARTS) is 1. The van der Waals surface area contributed by atoms with E-state index in [0.717, 1.165) is 39.3 Å². The van der Waals surface area contributed by atoms with E-state index in [4.69, 9.17) is 14.9 Å². The maximum Gasteiger partial charge on any atom is 0.490 e. The van der Waals surface area contributed by atoms with Crippen molar-refractivity contribution in [3.8, 4) is 28.3 Å². The molecule has 0 unspecified atom stereocenters. The van der Waals surface area contributed by atoms with Crippen molar-refractivity contribution in [1.82, 2.24) is 39.1 Å². The Hall–Kier alpha value is -5.72. The van der Waals surface area contributed by atoms with E-state index < -0.39 is 12.1 Å². The summed E-state index contributed by atoms with van der Waals surface area (Å²) >= 11 is 0. The number of aliphatic carboxylic acids is 1. The molecule has 0 aliphatic carbocycles. The van der Waals surface area contributed by atoms with E-state index in [2.05, 4.69) is 32.3 Å². The molecule has 1 fully saturated rings. The normalized spacial score (nSPS) is 13.3. The Bertz CT molecular complexity index is 1880. The summed E-state index contributed by atoms with van der Waals surface area (Å²) in [5.41, 5.74) is 5.73. The first kappa shape index (κ1) is 30.7. The quantitative estimate of drug-likeness (QED) is 0.313. The molecule has 45 heavy (non-hydrogen) atoms. The van der Waals surface area contributed by atoms with Crippen LogP contribution in [0.2, 0.25) is 0 Å². The fourth-order valence-corrected chi connectivity index (χ4v) is 4.89. The topological polar surface area (TPSA) is 150 Å². The van der Waals surface area contributed by atoms with Crippen LogP contribution in [0.1, 0.15) is 11.3 Å². The van der Waals surface area contributed by atoms with Crippen molar-refractivity contribution in [2.75, 3.05) is 31.1 Å². The number of nitrogens with zero attached hydrogens (tertiary/aromatic N) is 10. The van der Waals surface area contributed by atoms with Gasteiger partial charge in [0.15, 0.2) is 0 Å². The number of rotatable bonds is 5. The number of halogens is 3. The SMILES string of the molecule is Cn1cc(-c2cc(-c3ccc(N4CCN(C(=O)Cc5ccn(C)n5)CC4)nc3)c3c(C#N)cnn3c2)cn1.O=C(O)C(F)(F)F. The zero-order valence-corrected chi connectivity index (χ0v) is 24.2. The van der Waals surface area contributed by atoms with Gasteiger partial charge in [-0.05, 0) is 24.3 Å². The Labute approximate surface area is 254 Å². The van der Waals surface area contributed by atoms with Gasteiger partial charge in [-0.25, -0.2) is 14.3 Å². The molecule has 1 aliphatic heterocycles. The van der Waals surface area contributed by atoms with Crippen LogP contribution in [0, 0.1) is 11.3 Å². The number of aryl methyl sites for hydroxylation is 2. The largest absolute Gasteiger partial charge is 0.490 e. The summed E-state index contributed by atoms with van der Waals surface area (Å²) < 4.78 is 36.9. The van der Waals surface area contributed by atoms with Crippen molar-refractivity contribution in [3.63, 3.8) is 0 Å². The Morgan fingerprint density at radius 3 is 2.24 bits per heavy atom. The average Bonchev–Trinajstić information content (AvgIpc) is 3.76. The number of amides is 1. The van der Waals surface area contributed by atoms with E-state index in [0.29, 0.717) is 38.2 Å². The lowest BCUT2D eigenvalue weighted by molar-refractivity contribution is -0.192. The van der Waals surface area contributed by atoms with Crippen molar-refractivity contribution in [2.45, 2.75) is 12.6 Å². The summed E-state index contributed by atoms with van der Waals surface area (Å²) in [5, 5.41) is 29.8. The van der Waals surface area contributed by atoms with Crippen LogP contribution in [0.5, 0.6) is 0 Å². The lowest BCUT2D eigenvalue weighted by Gasteiger charge is -2.35. The molecule has 232 valence electrons. The third-order valence-electron chi connectivity index (χ3n) is 7.13. The molecule has 13 nitrogen and oxygen atoms in total. The van der Waals surface area contributed by atoms with E-state index in [9.17, 15) is 23.2 Å². The van der Waals surface area contributed by atoms with Crippen molar-refractivity contribution >= 4 is 23.2 Å². The molecule has 0 atom stereocenters. The van der Waals surface area contributed by atoms with Gasteiger partial charge in [-0.15, -0.1) is 0 Å². The Kier molecular flexibility index (Phi) is 8.52. The Balaban J connectivity index is 0.000000515. The van der Waals surface area contributed by atoms with Crippen molar-refractivity contribution in [3.05, 3.63) is 72.7 Å². The lowest BCUT2D eigenvalue weighted by atomic mass is 10.0. The van der Waals surface area contributed by atoms with E-state index in [1.165, 1.54) is 0 Å². The van der Waals surface area contributed by atoms with Gasteiger partial charge in [0.05, 0.1) is 35.6 Å². The highest BCUT2D eigenvalue weighted by molar-refractivity contribution is 5.87. The zero-order chi connectivity index (χ0) is 32.3. The molecule has 0 aromatic carbocycles. The molecule has 0 saturated carbocycles. The molecule has 0 radical (unpaired) electrons. The molecule has 5 aromatic heterocycles. The van der Waals surface area contributed by atoms with Gasteiger partial charge in [0, 0.05) is 87.3 Å². The van der Waals surface area contributed by atoms with Crippen LogP contribution in [-0.2, 0) is 30.1 Å². The fourth-order valence-electron chi connectivity index (χ4n) is 4.89. The highest BCUT2D eigenvalue weighted by atomic mass is 19.4. The number of nitriles is 1. The first-order chi connectivity index (χ1) is 21.4. The molecule has 0 bridgehead atoms. The first-order valence-electron chi connectivity index (χ1n) is 13.6. The van der Waals surface area contributed by atoms with Gasteiger partial charge in [0.25, 0.3) is 0 Å². The van der Waals surface area contributed by atoms with Crippen molar-refractivity contribution in [2.24, 2.45) is 14.1 Å². The molecule has 5 aromatic rings. The summed E-state index contributed by atoms with van der Waals surface area (Å²) in [5.74, 6) is -1.80. The van der Waals surface area contributed by atoms with Crippen LogP contribution >= 0.6 is 0 Å². The van der Waals surface area contributed by atoms with E-state index >= 15 is 0 Å². The standard InChI is InChI=1S/C27H26N10O.C2HF3O2/c1-33-6-5-23(32-33)12-26(38)36-9-7-35(8-10-36)25-4-3-19(14-29-25)24-11-20(22-16-30-34(2)17-22)18-37-27(24)21(13-28)15-31-37;3-2(4,5)1(6)7/h3-6,11,14-18H,7-10,12H2,1-2H3;(H,6,7). The Morgan fingerprint density at radius 2 is 1.69 bits per heavy atom. The van der Waals surface area contributed by atoms with Crippen molar-refractivity contribution in [1.29, 1.82) is 5.26 Å². The van der Waals surface area contributed by atoms with Gasteiger partial charge >= 0.3 is 12.1 Å². The smallest absolute Gasteiger partial charge is 0.475 e. The second-order valence-corrected chi connectivity index (χ2v) is 10.2. The van der Waals surface area contributed by atoms with Crippen LogP contribution in [0.25, 0.3) is 27.8 Å². The van der Waals surface area contributed by atoms with Crippen LogP contribution < -0.4 is 4.90 Å².